The summed E-state index contributed by atoms with van der Waals surface area (Å²) in [6, 6.07) is 0.0175. The molecule has 21 heavy (non-hydrogen) atoms. The Labute approximate surface area is 130 Å². The van der Waals surface area contributed by atoms with Crippen LogP contribution in [-0.4, -0.2) is 43.7 Å². The maximum atomic E-state index is 11.7. The zero-order chi connectivity index (χ0) is 14.8. The molecule has 4 nitrogen and oxygen atoms in total. The molecule has 0 unspecified atom stereocenters. The second kappa shape index (κ2) is 10.0. The summed E-state index contributed by atoms with van der Waals surface area (Å²) in [5, 5.41) is 5.98. The van der Waals surface area contributed by atoms with Gasteiger partial charge >= 0.3 is 6.03 Å². The smallest absolute Gasteiger partial charge is 0.314 e. The molecular weight excluding hydrogens is 262 g/mol. The van der Waals surface area contributed by atoms with E-state index in [-0.39, 0.29) is 6.03 Å². The van der Waals surface area contributed by atoms with Gasteiger partial charge in [0.05, 0.1) is 0 Å². The standard InChI is InChI=1S/C17H33N3O/c21-17(19-12-10-16-8-3-4-9-16)18-11-7-15-20-13-5-1-2-6-14-20/h16H,1-15H2,(H2,18,19,21). The van der Waals surface area contributed by atoms with Crippen molar-refractivity contribution in [1.29, 1.82) is 0 Å². The van der Waals surface area contributed by atoms with Gasteiger partial charge in [-0.25, -0.2) is 4.79 Å². The van der Waals surface area contributed by atoms with Crippen molar-refractivity contribution in [2.45, 2.75) is 64.2 Å². The van der Waals surface area contributed by atoms with E-state index < -0.39 is 0 Å². The van der Waals surface area contributed by atoms with Gasteiger partial charge in [-0.3, -0.25) is 0 Å². The van der Waals surface area contributed by atoms with Crippen LogP contribution in [0.1, 0.15) is 64.2 Å². The van der Waals surface area contributed by atoms with Crippen LogP contribution in [0.15, 0.2) is 0 Å². The van der Waals surface area contributed by atoms with Gasteiger partial charge < -0.3 is 15.5 Å². The van der Waals surface area contributed by atoms with Gasteiger partial charge in [0.25, 0.3) is 0 Å². The molecule has 0 aromatic carbocycles. The van der Waals surface area contributed by atoms with Gasteiger partial charge in [0, 0.05) is 13.1 Å². The summed E-state index contributed by atoms with van der Waals surface area (Å²) in [7, 11) is 0. The molecule has 1 saturated heterocycles. The van der Waals surface area contributed by atoms with E-state index in [4.69, 9.17) is 0 Å². The SMILES string of the molecule is O=C(NCCCN1CCCCCC1)NCCC1CCCC1. The highest BCUT2D eigenvalue weighted by atomic mass is 16.2. The van der Waals surface area contributed by atoms with Crippen molar-refractivity contribution in [3.63, 3.8) is 0 Å². The molecule has 0 atom stereocenters. The molecule has 2 N–H and O–H groups in total. The summed E-state index contributed by atoms with van der Waals surface area (Å²) in [5.41, 5.74) is 0. The molecule has 1 aliphatic carbocycles. The maximum absolute atomic E-state index is 11.7. The molecule has 1 heterocycles. The Morgan fingerprint density at radius 3 is 2.29 bits per heavy atom. The number of amides is 2. The van der Waals surface area contributed by atoms with Gasteiger partial charge in [-0.05, 0) is 51.2 Å². The molecule has 0 radical (unpaired) electrons. The van der Waals surface area contributed by atoms with Gasteiger partial charge in [0.2, 0.25) is 0 Å². The second-order valence-electron chi connectivity index (χ2n) is 6.73. The van der Waals surface area contributed by atoms with E-state index in [1.807, 2.05) is 0 Å². The third kappa shape index (κ3) is 7.16. The van der Waals surface area contributed by atoms with Gasteiger partial charge in [-0.15, -0.1) is 0 Å². The molecule has 0 spiro atoms. The third-order valence-electron chi connectivity index (χ3n) is 4.95. The molecule has 2 aliphatic rings. The molecule has 0 aromatic heterocycles. The normalized spacial score (nSPS) is 21.1. The summed E-state index contributed by atoms with van der Waals surface area (Å²) < 4.78 is 0. The van der Waals surface area contributed by atoms with Crippen molar-refractivity contribution >= 4 is 6.03 Å². The first kappa shape index (κ1) is 16.6. The van der Waals surface area contributed by atoms with E-state index in [1.54, 1.807) is 0 Å². The van der Waals surface area contributed by atoms with Crippen molar-refractivity contribution in [2.24, 2.45) is 5.92 Å². The average Bonchev–Trinajstić information content (AvgIpc) is 2.86. The fourth-order valence-electron chi connectivity index (χ4n) is 3.62. The molecule has 2 fully saturated rings. The molecule has 2 rings (SSSR count). The quantitative estimate of drug-likeness (QED) is 0.709. The fraction of sp³-hybridized carbons (Fsp3) is 0.941. The number of nitrogens with one attached hydrogen (secondary N) is 2. The van der Waals surface area contributed by atoms with Crippen molar-refractivity contribution in [1.82, 2.24) is 15.5 Å². The first-order chi connectivity index (χ1) is 10.3. The van der Waals surface area contributed by atoms with Gasteiger partial charge in [0.1, 0.15) is 0 Å². The van der Waals surface area contributed by atoms with E-state index in [0.717, 1.165) is 38.4 Å². The molecule has 4 heteroatoms. The molecule has 122 valence electrons. The first-order valence-corrected chi connectivity index (χ1v) is 9.08. The maximum Gasteiger partial charge on any atom is 0.314 e. The van der Waals surface area contributed by atoms with Gasteiger partial charge in [-0.1, -0.05) is 38.5 Å². The van der Waals surface area contributed by atoms with E-state index >= 15 is 0 Å². The number of carbonyl (C=O) groups is 1. The van der Waals surface area contributed by atoms with Gasteiger partial charge in [-0.2, -0.15) is 0 Å². The van der Waals surface area contributed by atoms with Crippen LogP contribution in [0.4, 0.5) is 4.79 Å². The Bertz CT molecular complexity index is 282. The van der Waals surface area contributed by atoms with Crippen molar-refractivity contribution < 1.29 is 4.79 Å². The van der Waals surface area contributed by atoms with Gasteiger partial charge in [0.15, 0.2) is 0 Å². The fourth-order valence-corrected chi connectivity index (χ4v) is 3.62. The molecule has 0 bridgehead atoms. The lowest BCUT2D eigenvalue weighted by molar-refractivity contribution is 0.237. The molecule has 1 saturated carbocycles. The Balaban J connectivity index is 1.43. The molecule has 1 aliphatic heterocycles. The zero-order valence-electron chi connectivity index (χ0n) is 13.5. The Morgan fingerprint density at radius 2 is 1.57 bits per heavy atom. The predicted octanol–water partition coefficient (Wildman–Crippen LogP) is 3.13. The molecule has 0 aromatic rings. The molecular formula is C17H33N3O. The van der Waals surface area contributed by atoms with Crippen LogP contribution < -0.4 is 10.6 Å². The van der Waals surface area contributed by atoms with E-state index in [0.29, 0.717) is 0 Å². The monoisotopic (exact) mass is 295 g/mol. The largest absolute Gasteiger partial charge is 0.338 e. The van der Waals surface area contributed by atoms with Crippen molar-refractivity contribution in [2.75, 3.05) is 32.7 Å². The summed E-state index contributed by atoms with van der Waals surface area (Å²) >= 11 is 0. The Kier molecular flexibility index (Phi) is 7.94. The number of hydrogen-bond acceptors (Lipinski definition) is 2. The molecule has 2 amide bonds. The van der Waals surface area contributed by atoms with Crippen molar-refractivity contribution in [3.8, 4) is 0 Å². The van der Waals surface area contributed by atoms with Crippen LogP contribution in [0.5, 0.6) is 0 Å². The highest BCUT2D eigenvalue weighted by molar-refractivity contribution is 5.73. The topological polar surface area (TPSA) is 44.4 Å². The summed E-state index contributed by atoms with van der Waals surface area (Å²) in [4.78, 5) is 14.2. The minimum absolute atomic E-state index is 0.0175. The van der Waals surface area contributed by atoms with E-state index in [1.165, 1.54) is 64.5 Å². The highest BCUT2D eigenvalue weighted by Crippen LogP contribution is 2.26. The van der Waals surface area contributed by atoms with Crippen LogP contribution in [0, 0.1) is 5.92 Å². The number of hydrogen-bond donors (Lipinski definition) is 2. The van der Waals surface area contributed by atoms with Crippen LogP contribution in [0.3, 0.4) is 0 Å². The summed E-state index contributed by atoms with van der Waals surface area (Å²) in [5.74, 6) is 0.855. The average molecular weight is 295 g/mol. The first-order valence-electron chi connectivity index (χ1n) is 9.08. The summed E-state index contributed by atoms with van der Waals surface area (Å²) in [6.45, 7) is 5.25. The Morgan fingerprint density at radius 1 is 0.905 bits per heavy atom. The minimum Gasteiger partial charge on any atom is -0.338 e. The third-order valence-corrected chi connectivity index (χ3v) is 4.95. The lowest BCUT2D eigenvalue weighted by Gasteiger charge is -2.19. The van der Waals surface area contributed by atoms with Crippen LogP contribution in [0.25, 0.3) is 0 Å². The lowest BCUT2D eigenvalue weighted by atomic mass is 10.0. The Hall–Kier alpha value is -0.770. The van der Waals surface area contributed by atoms with Crippen LogP contribution in [-0.2, 0) is 0 Å². The van der Waals surface area contributed by atoms with Crippen LogP contribution >= 0.6 is 0 Å². The highest BCUT2D eigenvalue weighted by Gasteiger charge is 2.14. The number of urea groups is 1. The number of nitrogens with zero attached hydrogens (tertiary/aromatic N) is 1. The zero-order valence-corrected chi connectivity index (χ0v) is 13.5. The van der Waals surface area contributed by atoms with E-state index in [9.17, 15) is 4.79 Å². The van der Waals surface area contributed by atoms with Crippen molar-refractivity contribution in [3.05, 3.63) is 0 Å². The summed E-state index contributed by atoms with van der Waals surface area (Å²) in [6.07, 6.45) is 13.2. The number of rotatable bonds is 7. The lowest BCUT2D eigenvalue weighted by Crippen LogP contribution is -2.38. The number of likely N-dealkylation sites (tertiary alicyclic amines) is 1. The predicted molar refractivity (Wildman–Crippen MR) is 87.5 cm³/mol. The second-order valence-corrected chi connectivity index (χ2v) is 6.73. The van der Waals surface area contributed by atoms with E-state index in [2.05, 4.69) is 15.5 Å². The minimum atomic E-state index is 0.0175. The van der Waals surface area contributed by atoms with Crippen LogP contribution in [0.2, 0.25) is 0 Å². The number of carbonyl (C=O) groups excluding carboxylic acids is 1.